The molecule has 0 saturated carbocycles. The third kappa shape index (κ3) is 2.38. The molecule has 2 rings (SSSR count). The highest BCUT2D eigenvalue weighted by Crippen LogP contribution is 2.26. The molecule has 0 aliphatic carbocycles. The normalized spacial score (nSPS) is 11.2. The molecule has 0 unspecified atom stereocenters. The fraction of sp³-hybridized carbons (Fsp3) is 0.385. The van der Waals surface area contributed by atoms with Crippen LogP contribution in [0.4, 0.5) is 0 Å². The van der Waals surface area contributed by atoms with Crippen LogP contribution in [0.3, 0.4) is 0 Å². The van der Waals surface area contributed by atoms with E-state index in [4.69, 9.17) is 23.2 Å². The quantitative estimate of drug-likeness (QED) is 0.790. The van der Waals surface area contributed by atoms with Crippen LogP contribution < -0.4 is 0 Å². The van der Waals surface area contributed by atoms with Crippen molar-refractivity contribution in [2.75, 3.05) is 0 Å². The molecule has 1 aromatic heterocycles. The summed E-state index contributed by atoms with van der Waals surface area (Å²) in [4.78, 5) is 0. The van der Waals surface area contributed by atoms with Crippen molar-refractivity contribution >= 4 is 23.2 Å². The van der Waals surface area contributed by atoms with Crippen LogP contribution in [0.15, 0.2) is 18.2 Å². The van der Waals surface area contributed by atoms with Gasteiger partial charge in [-0.3, -0.25) is 0 Å². The van der Waals surface area contributed by atoms with E-state index in [0.29, 0.717) is 5.88 Å². The molecule has 2 aromatic rings. The zero-order valence-electron chi connectivity index (χ0n) is 10.6. The van der Waals surface area contributed by atoms with Gasteiger partial charge < -0.3 is 4.57 Å². The van der Waals surface area contributed by atoms with Crippen LogP contribution in [-0.4, -0.2) is 14.8 Å². The van der Waals surface area contributed by atoms with Crippen molar-refractivity contribution in [2.24, 2.45) is 0 Å². The van der Waals surface area contributed by atoms with E-state index < -0.39 is 0 Å². The molecule has 1 aromatic carbocycles. The second kappa shape index (κ2) is 5.29. The summed E-state index contributed by atoms with van der Waals surface area (Å²) in [6, 6.07) is 6.12. The Morgan fingerprint density at radius 3 is 2.56 bits per heavy atom. The second-order valence-electron chi connectivity index (χ2n) is 4.50. The molecule has 18 heavy (non-hydrogen) atoms. The average molecular weight is 284 g/mol. The summed E-state index contributed by atoms with van der Waals surface area (Å²) in [7, 11) is 0. The SMILES string of the molecule is Cc1cc(-c2nnc(CCl)n2C(C)C)ccc1Cl. The van der Waals surface area contributed by atoms with E-state index in [9.17, 15) is 0 Å². The third-order valence-electron chi connectivity index (χ3n) is 2.82. The van der Waals surface area contributed by atoms with Crippen molar-refractivity contribution < 1.29 is 0 Å². The molecule has 0 N–H and O–H groups in total. The van der Waals surface area contributed by atoms with Crippen molar-refractivity contribution in [1.82, 2.24) is 14.8 Å². The summed E-state index contributed by atoms with van der Waals surface area (Å²) < 4.78 is 2.05. The molecule has 5 heteroatoms. The van der Waals surface area contributed by atoms with Gasteiger partial charge in [0.15, 0.2) is 5.82 Å². The maximum atomic E-state index is 6.04. The van der Waals surface area contributed by atoms with Gasteiger partial charge in [-0.25, -0.2) is 0 Å². The minimum absolute atomic E-state index is 0.264. The largest absolute Gasteiger partial charge is 0.307 e. The molecule has 0 spiro atoms. The molecule has 0 bridgehead atoms. The topological polar surface area (TPSA) is 30.7 Å². The molecular formula is C13H15Cl2N3. The molecule has 0 amide bonds. The van der Waals surface area contributed by atoms with Crippen molar-refractivity contribution in [2.45, 2.75) is 32.7 Å². The number of nitrogens with zero attached hydrogens (tertiary/aromatic N) is 3. The predicted octanol–water partition coefficient (Wildman–Crippen LogP) is 4.23. The van der Waals surface area contributed by atoms with Crippen LogP contribution in [-0.2, 0) is 5.88 Å². The number of alkyl halides is 1. The Morgan fingerprint density at radius 1 is 1.28 bits per heavy atom. The van der Waals surface area contributed by atoms with E-state index in [1.54, 1.807) is 0 Å². The van der Waals surface area contributed by atoms with Gasteiger partial charge in [0, 0.05) is 16.6 Å². The number of aryl methyl sites for hydroxylation is 1. The van der Waals surface area contributed by atoms with Crippen LogP contribution >= 0.6 is 23.2 Å². The first-order valence-electron chi connectivity index (χ1n) is 5.81. The number of halogens is 2. The van der Waals surface area contributed by atoms with Crippen LogP contribution in [0.25, 0.3) is 11.4 Å². The summed E-state index contributed by atoms with van der Waals surface area (Å²) in [6.45, 7) is 6.15. The Hall–Kier alpha value is -1.06. The van der Waals surface area contributed by atoms with Crippen LogP contribution in [0.1, 0.15) is 31.3 Å². The Bertz CT molecular complexity index is 561. The molecule has 0 fully saturated rings. The Balaban J connectivity index is 2.56. The Morgan fingerprint density at radius 2 is 2.00 bits per heavy atom. The van der Waals surface area contributed by atoms with Gasteiger partial charge >= 0.3 is 0 Å². The lowest BCUT2D eigenvalue weighted by Crippen LogP contribution is -2.07. The van der Waals surface area contributed by atoms with Gasteiger partial charge in [-0.05, 0) is 44.5 Å². The minimum Gasteiger partial charge on any atom is -0.307 e. The molecule has 0 atom stereocenters. The highest BCUT2D eigenvalue weighted by Gasteiger charge is 2.15. The maximum absolute atomic E-state index is 6.04. The Labute approximate surface area is 117 Å². The fourth-order valence-electron chi connectivity index (χ4n) is 1.94. The first-order chi connectivity index (χ1) is 8.54. The average Bonchev–Trinajstić information content (AvgIpc) is 2.76. The predicted molar refractivity (Wildman–Crippen MR) is 75.1 cm³/mol. The lowest BCUT2D eigenvalue weighted by molar-refractivity contribution is 0.585. The van der Waals surface area contributed by atoms with Crippen LogP contribution in [0.5, 0.6) is 0 Å². The van der Waals surface area contributed by atoms with Crippen molar-refractivity contribution in [3.8, 4) is 11.4 Å². The smallest absolute Gasteiger partial charge is 0.164 e. The van der Waals surface area contributed by atoms with Crippen LogP contribution in [0, 0.1) is 6.92 Å². The first kappa shape index (κ1) is 13.4. The monoisotopic (exact) mass is 283 g/mol. The van der Waals surface area contributed by atoms with Gasteiger partial charge in [0.25, 0.3) is 0 Å². The molecule has 3 nitrogen and oxygen atoms in total. The van der Waals surface area contributed by atoms with Gasteiger partial charge in [0.05, 0.1) is 5.88 Å². The molecule has 96 valence electrons. The standard InChI is InChI=1S/C13H15Cl2N3/c1-8(2)18-12(7-14)16-17-13(18)10-4-5-11(15)9(3)6-10/h4-6,8H,7H2,1-3H3. The summed E-state index contributed by atoms with van der Waals surface area (Å²) in [5.74, 6) is 1.98. The third-order valence-corrected chi connectivity index (χ3v) is 3.48. The summed E-state index contributed by atoms with van der Waals surface area (Å²) in [5, 5.41) is 9.12. The van der Waals surface area contributed by atoms with E-state index in [0.717, 1.165) is 27.8 Å². The van der Waals surface area contributed by atoms with Gasteiger partial charge in [-0.1, -0.05) is 11.6 Å². The molecular weight excluding hydrogens is 269 g/mol. The van der Waals surface area contributed by atoms with Gasteiger partial charge in [-0.2, -0.15) is 0 Å². The molecule has 0 saturated heterocycles. The number of rotatable bonds is 3. The van der Waals surface area contributed by atoms with E-state index in [1.165, 1.54) is 0 Å². The van der Waals surface area contributed by atoms with Gasteiger partial charge in [0.1, 0.15) is 5.82 Å². The number of aromatic nitrogens is 3. The summed E-state index contributed by atoms with van der Waals surface area (Å²) >= 11 is 11.9. The maximum Gasteiger partial charge on any atom is 0.164 e. The summed E-state index contributed by atoms with van der Waals surface area (Å²) in [6.07, 6.45) is 0. The number of benzene rings is 1. The molecule has 0 radical (unpaired) electrons. The lowest BCUT2D eigenvalue weighted by atomic mass is 10.1. The zero-order chi connectivity index (χ0) is 13.3. The van der Waals surface area contributed by atoms with Crippen molar-refractivity contribution in [3.63, 3.8) is 0 Å². The minimum atomic E-state index is 0.264. The zero-order valence-corrected chi connectivity index (χ0v) is 12.1. The molecule has 0 aliphatic rings. The lowest BCUT2D eigenvalue weighted by Gasteiger charge is -2.13. The van der Waals surface area contributed by atoms with E-state index in [-0.39, 0.29) is 6.04 Å². The van der Waals surface area contributed by atoms with E-state index in [2.05, 4.69) is 28.6 Å². The van der Waals surface area contributed by atoms with Crippen LogP contribution in [0.2, 0.25) is 5.02 Å². The Kier molecular flexibility index (Phi) is 3.93. The van der Waals surface area contributed by atoms with E-state index in [1.807, 2.05) is 25.1 Å². The fourth-order valence-corrected chi connectivity index (χ4v) is 2.24. The molecule has 1 heterocycles. The van der Waals surface area contributed by atoms with Crippen molar-refractivity contribution in [1.29, 1.82) is 0 Å². The molecule has 0 aliphatic heterocycles. The first-order valence-corrected chi connectivity index (χ1v) is 6.72. The summed E-state index contributed by atoms with van der Waals surface area (Å²) in [5.41, 5.74) is 2.04. The highest BCUT2D eigenvalue weighted by molar-refractivity contribution is 6.31. The second-order valence-corrected chi connectivity index (χ2v) is 5.18. The van der Waals surface area contributed by atoms with Gasteiger partial charge in [0.2, 0.25) is 0 Å². The number of hydrogen-bond acceptors (Lipinski definition) is 2. The highest BCUT2D eigenvalue weighted by atomic mass is 35.5. The van der Waals surface area contributed by atoms with E-state index >= 15 is 0 Å². The number of hydrogen-bond donors (Lipinski definition) is 0. The van der Waals surface area contributed by atoms with Gasteiger partial charge in [-0.15, -0.1) is 21.8 Å². The van der Waals surface area contributed by atoms with Crippen molar-refractivity contribution in [3.05, 3.63) is 34.6 Å².